The van der Waals surface area contributed by atoms with E-state index in [0.717, 1.165) is 3.14 Å². The van der Waals surface area contributed by atoms with Gasteiger partial charge in [0.05, 0.1) is 8.42 Å². The second-order valence-corrected chi connectivity index (χ2v) is 19.3. The number of thioether (sulfide) groups is 2. The third kappa shape index (κ3) is 29.1. The highest BCUT2D eigenvalue weighted by molar-refractivity contribution is 8.05. The number of unbranched alkanes of at least 4 members (excludes halogenated alkanes) is 30. The molecule has 0 aliphatic rings. The highest BCUT2D eigenvalue weighted by Crippen LogP contribution is 2.41. The summed E-state index contributed by atoms with van der Waals surface area (Å²) >= 11 is 13.5. The lowest BCUT2D eigenvalue weighted by Crippen LogP contribution is -1.85. The highest BCUT2D eigenvalue weighted by atomic mass is 32.2. The lowest BCUT2D eigenvalue weighted by atomic mass is 10.0. The third-order valence-electron chi connectivity index (χ3n) is 8.98. The molecule has 0 spiro atoms. The highest BCUT2D eigenvalue weighted by Gasteiger charge is 2.09. The van der Waals surface area contributed by atoms with Gasteiger partial charge in [-0.2, -0.15) is 0 Å². The Labute approximate surface area is 298 Å². The average molecular weight is 703 g/mol. The molecule has 0 aromatic carbocycles. The van der Waals surface area contributed by atoms with Crippen LogP contribution < -0.4 is 0 Å². The van der Waals surface area contributed by atoms with Crippen LogP contribution >= 0.6 is 58.4 Å². The monoisotopic (exact) mass is 702 g/mol. The van der Waals surface area contributed by atoms with Gasteiger partial charge >= 0.3 is 0 Å². The van der Waals surface area contributed by atoms with Gasteiger partial charge in [-0.25, -0.2) is 0 Å². The molecule has 0 atom stereocenters. The van der Waals surface area contributed by atoms with Gasteiger partial charge in [-0.3, -0.25) is 0 Å². The zero-order valence-corrected chi connectivity index (χ0v) is 33.7. The molecule has 0 N–H and O–H groups in total. The molecule has 0 nitrogen and oxygen atoms in total. The van der Waals surface area contributed by atoms with Crippen molar-refractivity contribution in [3.8, 4) is 0 Å². The molecule has 0 aliphatic heterocycles. The van der Waals surface area contributed by atoms with E-state index in [1.54, 1.807) is 0 Å². The fourth-order valence-electron chi connectivity index (χ4n) is 6.06. The summed E-state index contributed by atoms with van der Waals surface area (Å²) in [6.45, 7) is 4.61. The van der Waals surface area contributed by atoms with Crippen LogP contribution in [0.2, 0.25) is 0 Å². The molecule has 0 radical (unpaired) electrons. The fraction of sp³-hybridized carbons (Fsp3) is 0.923. The molecule has 44 heavy (non-hydrogen) atoms. The van der Waals surface area contributed by atoms with Crippen molar-refractivity contribution in [1.29, 1.82) is 0 Å². The van der Waals surface area contributed by atoms with Crippen LogP contribution in [0.4, 0.5) is 0 Å². The van der Waals surface area contributed by atoms with Gasteiger partial charge in [0.2, 0.25) is 0 Å². The first kappa shape index (κ1) is 43.0. The molecule has 0 saturated carbocycles. The van der Waals surface area contributed by atoms with Gasteiger partial charge in [0.25, 0.3) is 0 Å². The van der Waals surface area contributed by atoms with Crippen LogP contribution in [0.3, 0.4) is 0 Å². The Balaban J connectivity index is 1.87. The van der Waals surface area contributed by atoms with Crippen molar-refractivity contribution in [2.45, 2.75) is 228 Å². The number of rotatable bonds is 36. The van der Waals surface area contributed by atoms with E-state index in [-0.39, 0.29) is 0 Å². The first-order chi connectivity index (χ1) is 21.8. The van der Waals surface area contributed by atoms with Crippen molar-refractivity contribution < 1.29 is 0 Å². The van der Waals surface area contributed by atoms with Crippen molar-refractivity contribution in [1.82, 2.24) is 0 Å². The Morgan fingerprint density at radius 3 is 0.773 bits per heavy atom. The van der Waals surface area contributed by atoms with E-state index in [1.807, 2.05) is 22.7 Å². The molecule has 1 heterocycles. The quantitative estimate of drug-likeness (QED) is 0.0388. The summed E-state index contributed by atoms with van der Waals surface area (Å²) < 4.78 is 4.15. The molecule has 1 rings (SSSR count). The maximum atomic E-state index is 5.57. The van der Waals surface area contributed by atoms with Gasteiger partial charge in [0, 0.05) is 0 Å². The van der Waals surface area contributed by atoms with Crippen LogP contribution in [0.25, 0.3) is 0 Å². The zero-order chi connectivity index (χ0) is 31.6. The maximum absolute atomic E-state index is 5.57. The second-order valence-electron chi connectivity index (χ2n) is 13.3. The zero-order valence-electron chi connectivity index (χ0n) is 29.6. The summed E-state index contributed by atoms with van der Waals surface area (Å²) in [4.78, 5) is 0. The smallest absolute Gasteiger partial charge is 0.113 e. The Bertz CT molecular complexity index is 681. The summed E-state index contributed by atoms with van der Waals surface area (Å²) in [6, 6.07) is 0. The minimum Gasteiger partial charge on any atom is -0.113 e. The van der Waals surface area contributed by atoms with E-state index >= 15 is 0 Å². The van der Waals surface area contributed by atoms with Crippen LogP contribution in [0.1, 0.15) is 219 Å². The molecular formula is C39H74S5. The molecule has 260 valence electrons. The second kappa shape index (κ2) is 35.3. The van der Waals surface area contributed by atoms with Crippen LogP contribution in [0.5, 0.6) is 0 Å². The molecule has 0 bridgehead atoms. The number of hydrogen-bond acceptors (Lipinski definition) is 5. The SMILES string of the molecule is CCCCCCCCCCCCCCCCCCSc1sc(=S)sc1SCCCCCCCCCCCCCCCCCC. The Kier molecular flexibility index (Phi) is 34.5. The van der Waals surface area contributed by atoms with Gasteiger partial charge in [0.1, 0.15) is 3.14 Å². The molecule has 1 aromatic rings. The average Bonchev–Trinajstić information content (AvgIpc) is 3.38. The van der Waals surface area contributed by atoms with Gasteiger partial charge in [-0.1, -0.05) is 219 Å². The summed E-state index contributed by atoms with van der Waals surface area (Å²) in [6.07, 6.45) is 46.2. The lowest BCUT2D eigenvalue weighted by molar-refractivity contribution is 0.531. The van der Waals surface area contributed by atoms with Crippen molar-refractivity contribution in [2.75, 3.05) is 11.5 Å². The summed E-state index contributed by atoms with van der Waals surface area (Å²) in [7, 11) is 0. The third-order valence-corrected chi connectivity index (χ3v) is 14.7. The van der Waals surface area contributed by atoms with Crippen LogP contribution in [0.15, 0.2) is 8.42 Å². The first-order valence-corrected chi connectivity index (χ1v) is 23.7. The lowest BCUT2D eigenvalue weighted by Gasteiger charge is -2.05. The van der Waals surface area contributed by atoms with E-state index in [1.165, 1.54) is 225 Å². The van der Waals surface area contributed by atoms with Gasteiger partial charge in [0.15, 0.2) is 0 Å². The fourth-order valence-corrected chi connectivity index (χ4v) is 12.3. The Morgan fingerprint density at radius 1 is 0.341 bits per heavy atom. The predicted octanol–water partition coefficient (Wildman–Crippen LogP) is 17.2. The Hall–Kier alpha value is 0.970. The van der Waals surface area contributed by atoms with E-state index in [2.05, 4.69) is 37.4 Å². The summed E-state index contributed by atoms with van der Waals surface area (Å²) in [5.74, 6) is 2.54. The van der Waals surface area contributed by atoms with Gasteiger partial charge in [-0.05, 0) is 24.3 Å². The predicted molar refractivity (Wildman–Crippen MR) is 214 cm³/mol. The molecule has 5 heteroatoms. The molecule has 0 aliphatic carbocycles. The summed E-state index contributed by atoms with van der Waals surface area (Å²) in [5.41, 5.74) is 0. The van der Waals surface area contributed by atoms with Gasteiger partial charge < -0.3 is 0 Å². The molecule has 0 saturated heterocycles. The van der Waals surface area contributed by atoms with Crippen LogP contribution in [-0.2, 0) is 0 Å². The summed E-state index contributed by atoms with van der Waals surface area (Å²) in [5, 5.41) is 0. The van der Waals surface area contributed by atoms with E-state index < -0.39 is 0 Å². The number of hydrogen-bond donors (Lipinski definition) is 0. The minimum atomic E-state index is 1.12. The van der Waals surface area contributed by atoms with Crippen molar-refractivity contribution >= 4 is 58.4 Å². The van der Waals surface area contributed by atoms with E-state index in [4.69, 9.17) is 12.2 Å². The van der Waals surface area contributed by atoms with Crippen molar-refractivity contribution in [3.05, 3.63) is 3.14 Å². The molecule has 1 aromatic heterocycles. The first-order valence-electron chi connectivity index (χ1n) is 19.7. The van der Waals surface area contributed by atoms with Crippen molar-refractivity contribution in [3.63, 3.8) is 0 Å². The maximum Gasteiger partial charge on any atom is 0.145 e. The molecule has 0 unspecified atom stereocenters. The van der Waals surface area contributed by atoms with Crippen LogP contribution in [-0.4, -0.2) is 11.5 Å². The normalized spacial score (nSPS) is 11.6. The largest absolute Gasteiger partial charge is 0.145 e. The molecule has 0 fully saturated rings. The Morgan fingerprint density at radius 2 is 0.545 bits per heavy atom. The van der Waals surface area contributed by atoms with Crippen molar-refractivity contribution in [2.24, 2.45) is 0 Å². The molecule has 0 amide bonds. The van der Waals surface area contributed by atoms with E-state index in [0.29, 0.717) is 0 Å². The van der Waals surface area contributed by atoms with E-state index in [9.17, 15) is 0 Å². The topological polar surface area (TPSA) is 0 Å². The molecular weight excluding hydrogens is 629 g/mol. The van der Waals surface area contributed by atoms with Crippen LogP contribution in [0, 0.1) is 3.14 Å². The minimum absolute atomic E-state index is 1.12. The van der Waals surface area contributed by atoms with Gasteiger partial charge in [-0.15, -0.1) is 46.2 Å². The standard InChI is InChI=1S/C39H74S5/c1-3-5-7-9-11-13-15-17-19-21-23-25-27-29-31-33-35-41-37-38(44-39(40)43-37)42-36-34-32-30-28-26-24-22-20-18-16-14-12-10-8-6-4-2/h3-36H2,1-2H3.